The number of hydrogen-bond acceptors (Lipinski definition) is 2. The van der Waals surface area contributed by atoms with E-state index in [1.807, 2.05) is 35.8 Å². The van der Waals surface area contributed by atoms with Gasteiger partial charge in [0.05, 0.1) is 16.6 Å². The molecule has 3 aromatic rings. The van der Waals surface area contributed by atoms with Crippen molar-refractivity contribution in [3.05, 3.63) is 64.2 Å². The zero-order valence-corrected chi connectivity index (χ0v) is 14.6. The summed E-state index contributed by atoms with van der Waals surface area (Å²) >= 11 is 1.34. The van der Waals surface area contributed by atoms with Crippen molar-refractivity contribution in [2.75, 3.05) is 0 Å². The van der Waals surface area contributed by atoms with E-state index in [1.54, 1.807) is 6.07 Å². The zero-order chi connectivity index (χ0) is 17.1. The number of thiazole rings is 1. The summed E-state index contributed by atoms with van der Waals surface area (Å²) in [5.74, 6) is -0.464. The lowest BCUT2D eigenvalue weighted by molar-refractivity contribution is -0.117. The van der Waals surface area contributed by atoms with Crippen LogP contribution >= 0.6 is 11.3 Å². The first-order valence-electron chi connectivity index (χ1n) is 8.05. The first-order chi connectivity index (χ1) is 11.6. The van der Waals surface area contributed by atoms with E-state index in [2.05, 4.69) is 11.9 Å². The van der Waals surface area contributed by atoms with Gasteiger partial charge >= 0.3 is 0 Å². The largest absolute Gasteiger partial charge is 0.317 e. The van der Waals surface area contributed by atoms with Gasteiger partial charge in [-0.2, -0.15) is 4.99 Å². The molecular weight excluding hydrogens is 323 g/mol. The minimum Gasteiger partial charge on any atom is -0.317 e. The minimum absolute atomic E-state index is 0.187. The Morgan fingerprint density at radius 1 is 1.12 bits per heavy atom. The van der Waals surface area contributed by atoms with Crippen molar-refractivity contribution in [3.63, 3.8) is 0 Å². The van der Waals surface area contributed by atoms with Gasteiger partial charge in [-0.05, 0) is 42.7 Å². The van der Waals surface area contributed by atoms with Gasteiger partial charge in [0.15, 0.2) is 4.80 Å². The van der Waals surface area contributed by atoms with Crippen molar-refractivity contribution in [1.29, 1.82) is 0 Å². The molecule has 0 spiro atoms. The van der Waals surface area contributed by atoms with E-state index in [0.29, 0.717) is 11.3 Å². The summed E-state index contributed by atoms with van der Waals surface area (Å²) in [5, 5.41) is 0. The van der Waals surface area contributed by atoms with Crippen LogP contribution in [-0.2, 0) is 24.2 Å². The number of carbonyl (C=O) groups excluding carboxylic acids is 1. The first kappa shape index (κ1) is 16.6. The number of hydrogen-bond donors (Lipinski definition) is 0. The Balaban J connectivity index is 1.91. The number of benzene rings is 2. The number of nitrogens with zero attached hydrogens (tertiary/aromatic N) is 2. The Morgan fingerprint density at radius 3 is 2.50 bits per heavy atom. The molecule has 3 rings (SSSR count). The normalized spacial score (nSPS) is 12.0. The number of halogens is 1. The molecule has 1 aromatic heterocycles. The van der Waals surface area contributed by atoms with Crippen LogP contribution in [-0.4, -0.2) is 10.5 Å². The zero-order valence-electron chi connectivity index (χ0n) is 13.8. The number of aromatic nitrogens is 1. The van der Waals surface area contributed by atoms with Crippen LogP contribution in [0.4, 0.5) is 4.39 Å². The highest BCUT2D eigenvalue weighted by molar-refractivity contribution is 7.16. The number of amides is 1. The summed E-state index contributed by atoms with van der Waals surface area (Å²) in [5.41, 5.74) is 3.11. The lowest BCUT2D eigenvalue weighted by Gasteiger charge is -2.01. The molecule has 0 aliphatic carbocycles. The molecule has 0 saturated carbocycles. The van der Waals surface area contributed by atoms with Crippen LogP contribution in [0.5, 0.6) is 0 Å². The fourth-order valence-corrected chi connectivity index (χ4v) is 3.79. The molecule has 0 atom stereocenters. The Labute approximate surface area is 144 Å². The van der Waals surface area contributed by atoms with E-state index in [9.17, 15) is 9.18 Å². The second-order valence-electron chi connectivity index (χ2n) is 5.59. The van der Waals surface area contributed by atoms with Crippen molar-refractivity contribution in [2.45, 2.75) is 33.2 Å². The molecule has 0 unspecified atom stereocenters. The average Bonchev–Trinajstić information content (AvgIpc) is 2.91. The van der Waals surface area contributed by atoms with Gasteiger partial charge in [-0.3, -0.25) is 4.79 Å². The topological polar surface area (TPSA) is 34.4 Å². The van der Waals surface area contributed by atoms with E-state index in [0.717, 1.165) is 22.2 Å². The van der Waals surface area contributed by atoms with Gasteiger partial charge in [0.1, 0.15) is 5.82 Å². The molecular formula is C19H19FN2OS. The SMILES string of the molecule is CCc1ccc(CC(=O)N=c2sc3cc(F)ccc3n2CC)cc1. The lowest BCUT2D eigenvalue weighted by atomic mass is 10.1. The Hall–Kier alpha value is -2.27. The highest BCUT2D eigenvalue weighted by Gasteiger charge is 2.08. The summed E-state index contributed by atoms with van der Waals surface area (Å²) in [6, 6.07) is 12.7. The van der Waals surface area contributed by atoms with Gasteiger partial charge in [0.2, 0.25) is 0 Å². The second-order valence-corrected chi connectivity index (χ2v) is 6.60. The van der Waals surface area contributed by atoms with E-state index < -0.39 is 0 Å². The van der Waals surface area contributed by atoms with Crippen LogP contribution in [0.15, 0.2) is 47.5 Å². The van der Waals surface area contributed by atoms with Crippen LogP contribution < -0.4 is 4.80 Å². The standard InChI is InChI=1S/C19H19FN2OS/c1-3-13-5-7-14(8-6-13)11-18(23)21-19-22(4-2)16-10-9-15(20)12-17(16)24-19/h5-10,12H,3-4,11H2,1-2H3. The molecule has 0 N–H and O–H groups in total. The van der Waals surface area contributed by atoms with Gasteiger partial charge in [-0.15, -0.1) is 0 Å². The minimum atomic E-state index is -0.277. The summed E-state index contributed by atoms with van der Waals surface area (Å²) < 4.78 is 16.1. The van der Waals surface area contributed by atoms with E-state index in [-0.39, 0.29) is 18.1 Å². The van der Waals surface area contributed by atoms with Crippen LogP contribution in [0.1, 0.15) is 25.0 Å². The molecule has 5 heteroatoms. The summed E-state index contributed by atoms with van der Waals surface area (Å²) in [4.78, 5) is 17.2. The number of fused-ring (bicyclic) bond motifs is 1. The van der Waals surface area contributed by atoms with E-state index >= 15 is 0 Å². The third-order valence-electron chi connectivity index (χ3n) is 3.97. The maximum absolute atomic E-state index is 13.4. The number of rotatable bonds is 4. The summed E-state index contributed by atoms with van der Waals surface area (Å²) in [6.07, 6.45) is 1.25. The van der Waals surface area contributed by atoms with E-state index in [1.165, 1.54) is 29.0 Å². The Kier molecular flexibility index (Phi) is 4.90. The fourth-order valence-electron chi connectivity index (χ4n) is 2.65. The van der Waals surface area contributed by atoms with Crippen molar-refractivity contribution in [3.8, 4) is 0 Å². The molecule has 0 bridgehead atoms. The highest BCUT2D eigenvalue weighted by atomic mass is 32.1. The molecule has 24 heavy (non-hydrogen) atoms. The van der Waals surface area contributed by atoms with Crippen LogP contribution in [0.3, 0.4) is 0 Å². The van der Waals surface area contributed by atoms with Gasteiger partial charge in [0.25, 0.3) is 5.91 Å². The maximum Gasteiger partial charge on any atom is 0.252 e. The van der Waals surface area contributed by atoms with Crippen molar-refractivity contribution >= 4 is 27.5 Å². The summed E-state index contributed by atoms with van der Waals surface area (Å²) in [6.45, 7) is 4.77. The molecule has 3 nitrogen and oxygen atoms in total. The molecule has 1 amide bonds. The lowest BCUT2D eigenvalue weighted by Crippen LogP contribution is -2.16. The summed E-state index contributed by atoms with van der Waals surface area (Å²) in [7, 11) is 0. The van der Waals surface area contributed by atoms with Crippen LogP contribution in [0, 0.1) is 5.82 Å². The average molecular weight is 342 g/mol. The van der Waals surface area contributed by atoms with Gasteiger partial charge in [-0.1, -0.05) is 42.5 Å². The second kappa shape index (κ2) is 7.09. The Bertz CT molecular complexity index is 938. The highest BCUT2D eigenvalue weighted by Crippen LogP contribution is 2.18. The van der Waals surface area contributed by atoms with Gasteiger partial charge < -0.3 is 4.57 Å². The van der Waals surface area contributed by atoms with Gasteiger partial charge in [-0.25, -0.2) is 4.39 Å². The molecule has 0 saturated heterocycles. The molecule has 0 aliphatic rings. The van der Waals surface area contributed by atoms with E-state index in [4.69, 9.17) is 0 Å². The van der Waals surface area contributed by atoms with Crippen molar-refractivity contribution < 1.29 is 9.18 Å². The molecule has 1 heterocycles. The number of carbonyl (C=O) groups is 1. The molecule has 124 valence electrons. The monoisotopic (exact) mass is 342 g/mol. The smallest absolute Gasteiger partial charge is 0.252 e. The molecule has 0 aliphatic heterocycles. The molecule has 2 aromatic carbocycles. The Morgan fingerprint density at radius 2 is 1.83 bits per heavy atom. The van der Waals surface area contributed by atoms with Crippen LogP contribution in [0.2, 0.25) is 0 Å². The van der Waals surface area contributed by atoms with Crippen molar-refractivity contribution in [2.24, 2.45) is 4.99 Å². The predicted molar refractivity (Wildman–Crippen MR) is 95.5 cm³/mol. The third-order valence-corrected chi connectivity index (χ3v) is 5.01. The maximum atomic E-state index is 13.4. The quantitative estimate of drug-likeness (QED) is 0.703. The third kappa shape index (κ3) is 3.46. The predicted octanol–water partition coefficient (Wildman–Crippen LogP) is 4.09. The fraction of sp³-hybridized carbons (Fsp3) is 0.263. The molecule has 0 fully saturated rings. The van der Waals surface area contributed by atoms with Crippen molar-refractivity contribution in [1.82, 2.24) is 4.57 Å². The van der Waals surface area contributed by atoms with Crippen LogP contribution in [0.25, 0.3) is 10.2 Å². The first-order valence-corrected chi connectivity index (χ1v) is 8.86. The molecule has 0 radical (unpaired) electrons. The van der Waals surface area contributed by atoms with Gasteiger partial charge in [0, 0.05) is 6.54 Å². The number of aryl methyl sites for hydroxylation is 2.